The molecule has 1 aliphatic heterocycles. The first-order valence-corrected chi connectivity index (χ1v) is 4.39. The van der Waals surface area contributed by atoms with Crippen LogP contribution < -0.4 is 5.56 Å². The van der Waals surface area contributed by atoms with E-state index in [2.05, 4.69) is 10.2 Å². The van der Waals surface area contributed by atoms with Crippen LogP contribution in [0.2, 0.25) is 0 Å². The first-order valence-electron chi connectivity index (χ1n) is 3.34. The van der Waals surface area contributed by atoms with Crippen LogP contribution in [-0.4, -0.2) is 21.3 Å². The minimum Gasteiger partial charge on any atom is -0.480 e. The second-order valence-corrected chi connectivity index (χ2v) is 3.59. The molecule has 2 rings (SSSR count). The van der Waals surface area contributed by atoms with Crippen molar-refractivity contribution in [3.05, 3.63) is 21.6 Å². The highest BCUT2D eigenvalue weighted by Crippen LogP contribution is 2.38. The normalized spacial score (nSPS) is 20.8. The van der Waals surface area contributed by atoms with E-state index in [1.165, 1.54) is 11.8 Å². The molecule has 3 N–H and O–H groups in total. The van der Waals surface area contributed by atoms with Crippen LogP contribution in [-0.2, 0) is 10.5 Å². The molecule has 1 aliphatic rings. The number of fused-ring (bicyclic) bond motifs is 1. The topological polar surface area (TPSA) is 85.9 Å². The minimum absolute atomic E-state index is 0.317. The maximum atomic E-state index is 11.1. The molecule has 2 heterocycles. The van der Waals surface area contributed by atoms with E-state index < -0.39 is 11.2 Å². The van der Waals surface area contributed by atoms with E-state index in [-0.39, 0.29) is 5.56 Å². The number of aliphatic carboxylic acids is 1. The third kappa shape index (κ3) is 0.878. The predicted molar refractivity (Wildman–Crippen MR) is 43.1 cm³/mol. The monoisotopic (exact) mass is 186 g/mol. The van der Waals surface area contributed by atoms with Crippen LogP contribution in [0, 0.1) is 0 Å². The lowest BCUT2D eigenvalue weighted by atomic mass is 10.2. The SMILES string of the molecule is O=C(O)C1SCc2[nH][nH]c(=O)c21. The Hall–Kier alpha value is -1.17. The van der Waals surface area contributed by atoms with Crippen LogP contribution in [0.1, 0.15) is 16.5 Å². The van der Waals surface area contributed by atoms with Gasteiger partial charge in [0.15, 0.2) is 0 Å². The first kappa shape index (κ1) is 7.48. The molecule has 64 valence electrons. The number of H-pyrrole nitrogens is 2. The summed E-state index contributed by atoms with van der Waals surface area (Å²) in [6.07, 6.45) is 0. The van der Waals surface area contributed by atoms with Crippen molar-refractivity contribution < 1.29 is 9.90 Å². The van der Waals surface area contributed by atoms with Crippen LogP contribution in [0.4, 0.5) is 0 Å². The molecule has 1 atom stereocenters. The molecular weight excluding hydrogens is 180 g/mol. The number of carboxylic acids is 1. The lowest BCUT2D eigenvalue weighted by Crippen LogP contribution is -2.13. The fourth-order valence-electron chi connectivity index (χ4n) is 1.24. The van der Waals surface area contributed by atoms with Crippen molar-refractivity contribution >= 4 is 17.7 Å². The molecule has 0 saturated carbocycles. The third-order valence-corrected chi connectivity index (χ3v) is 3.00. The molecule has 12 heavy (non-hydrogen) atoms. The molecule has 1 aromatic rings. The molecule has 0 fully saturated rings. The van der Waals surface area contributed by atoms with Crippen LogP contribution in [0.5, 0.6) is 0 Å². The Kier molecular flexibility index (Phi) is 1.50. The van der Waals surface area contributed by atoms with Gasteiger partial charge in [-0.1, -0.05) is 0 Å². The molecule has 0 aliphatic carbocycles. The summed E-state index contributed by atoms with van der Waals surface area (Å²) in [7, 11) is 0. The maximum absolute atomic E-state index is 11.1. The van der Waals surface area contributed by atoms with Gasteiger partial charge in [-0.2, -0.15) is 0 Å². The number of thioether (sulfide) groups is 1. The summed E-state index contributed by atoms with van der Waals surface area (Å²) in [6, 6.07) is 0. The van der Waals surface area contributed by atoms with Gasteiger partial charge in [0, 0.05) is 5.75 Å². The smallest absolute Gasteiger partial charge is 0.321 e. The number of carboxylic acid groups (broad SMARTS) is 1. The van der Waals surface area contributed by atoms with Crippen molar-refractivity contribution in [3.8, 4) is 0 Å². The average molecular weight is 186 g/mol. The number of aromatic amines is 2. The summed E-state index contributed by atoms with van der Waals surface area (Å²) in [6.45, 7) is 0. The molecule has 0 aromatic carbocycles. The Morgan fingerprint density at radius 3 is 3.00 bits per heavy atom. The average Bonchev–Trinajstić information content (AvgIpc) is 2.53. The summed E-state index contributed by atoms with van der Waals surface area (Å²) in [5.74, 6) is -0.394. The molecule has 0 bridgehead atoms. The van der Waals surface area contributed by atoms with Gasteiger partial charge in [-0.25, -0.2) is 0 Å². The zero-order valence-electron chi connectivity index (χ0n) is 5.96. The quantitative estimate of drug-likeness (QED) is 0.579. The van der Waals surface area contributed by atoms with E-state index in [4.69, 9.17) is 5.11 Å². The third-order valence-electron chi connectivity index (χ3n) is 1.78. The lowest BCUT2D eigenvalue weighted by molar-refractivity contribution is -0.136. The van der Waals surface area contributed by atoms with E-state index >= 15 is 0 Å². The number of hydrogen-bond donors (Lipinski definition) is 3. The second kappa shape index (κ2) is 2.41. The Balaban J connectivity index is 2.53. The van der Waals surface area contributed by atoms with Crippen molar-refractivity contribution in [2.24, 2.45) is 0 Å². The lowest BCUT2D eigenvalue weighted by Gasteiger charge is -1.98. The molecule has 5 nitrogen and oxygen atoms in total. The minimum atomic E-state index is -0.955. The number of nitrogens with one attached hydrogen (secondary N) is 2. The van der Waals surface area contributed by atoms with Crippen molar-refractivity contribution in [1.82, 2.24) is 10.2 Å². The Labute approximate surface area is 71.2 Å². The van der Waals surface area contributed by atoms with E-state index in [0.717, 1.165) is 0 Å². The molecule has 0 spiro atoms. The van der Waals surface area contributed by atoms with Gasteiger partial charge in [-0.3, -0.25) is 14.7 Å². The van der Waals surface area contributed by atoms with E-state index in [9.17, 15) is 9.59 Å². The van der Waals surface area contributed by atoms with E-state index in [1.807, 2.05) is 0 Å². The first-order chi connectivity index (χ1) is 5.70. The van der Waals surface area contributed by atoms with Crippen molar-refractivity contribution in [2.75, 3.05) is 0 Å². The molecule has 0 saturated heterocycles. The number of hydrogen-bond acceptors (Lipinski definition) is 3. The second-order valence-electron chi connectivity index (χ2n) is 2.50. The largest absolute Gasteiger partial charge is 0.480 e. The van der Waals surface area contributed by atoms with E-state index in [0.29, 0.717) is 17.0 Å². The predicted octanol–water partition coefficient (Wildman–Crippen LogP) is 0.0755. The summed E-state index contributed by atoms with van der Waals surface area (Å²) >= 11 is 1.25. The Morgan fingerprint density at radius 1 is 1.58 bits per heavy atom. The Bertz CT molecular complexity index is 380. The van der Waals surface area contributed by atoms with Gasteiger partial charge in [-0.15, -0.1) is 11.8 Å². The fraction of sp³-hybridized carbons (Fsp3) is 0.333. The zero-order valence-corrected chi connectivity index (χ0v) is 6.77. The number of rotatable bonds is 1. The van der Waals surface area contributed by atoms with Gasteiger partial charge in [-0.05, 0) is 0 Å². The Morgan fingerprint density at radius 2 is 2.33 bits per heavy atom. The number of aromatic nitrogens is 2. The van der Waals surface area contributed by atoms with Gasteiger partial charge >= 0.3 is 5.97 Å². The zero-order chi connectivity index (χ0) is 8.72. The van der Waals surface area contributed by atoms with Gasteiger partial charge in [0.1, 0.15) is 5.25 Å². The highest BCUT2D eigenvalue weighted by molar-refractivity contribution is 7.99. The summed E-state index contributed by atoms with van der Waals surface area (Å²) in [5, 5.41) is 13.0. The van der Waals surface area contributed by atoms with Crippen molar-refractivity contribution in [3.63, 3.8) is 0 Å². The van der Waals surface area contributed by atoms with Crippen molar-refractivity contribution in [2.45, 2.75) is 11.0 Å². The molecule has 1 aromatic heterocycles. The highest BCUT2D eigenvalue weighted by Gasteiger charge is 2.33. The fourth-order valence-corrected chi connectivity index (χ4v) is 2.36. The summed E-state index contributed by atoms with van der Waals surface area (Å²) < 4.78 is 0. The molecule has 6 heteroatoms. The van der Waals surface area contributed by atoms with Gasteiger partial charge in [0.05, 0.1) is 11.3 Å². The number of carbonyl (C=O) groups is 1. The summed E-state index contributed by atoms with van der Waals surface area (Å²) in [4.78, 5) is 21.7. The van der Waals surface area contributed by atoms with Crippen LogP contribution in [0.15, 0.2) is 4.79 Å². The summed E-state index contributed by atoms with van der Waals surface area (Å²) in [5.41, 5.74) is 0.757. The maximum Gasteiger partial charge on any atom is 0.321 e. The van der Waals surface area contributed by atoms with Gasteiger partial charge in [0.25, 0.3) is 5.56 Å². The standard InChI is InChI=1S/C6H6N2O3S/c9-5-3-2(7-8-5)1-12-4(3)6(10)11/h4H,1H2,(H,10,11)(H2,7,8,9). The van der Waals surface area contributed by atoms with Crippen molar-refractivity contribution in [1.29, 1.82) is 0 Å². The van der Waals surface area contributed by atoms with E-state index in [1.54, 1.807) is 0 Å². The van der Waals surface area contributed by atoms with Crippen LogP contribution >= 0.6 is 11.8 Å². The molecule has 0 radical (unpaired) electrons. The van der Waals surface area contributed by atoms with Crippen LogP contribution in [0.25, 0.3) is 0 Å². The van der Waals surface area contributed by atoms with Gasteiger partial charge < -0.3 is 10.2 Å². The highest BCUT2D eigenvalue weighted by atomic mass is 32.2. The molecular formula is C6H6N2O3S. The molecule has 0 amide bonds. The van der Waals surface area contributed by atoms with Crippen LogP contribution in [0.3, 0.4) is 0 Å². The van der Waals surface area contributed by atoms with Gasteiger partial charge in [0.2, 0.25) is 0 Å². The molecule has 1 unspecified atom stereocenters.